The van der Waals surface area contributed by atoms with Gasteiger partial charge in [0.15, 0.2) is 0 Å². The predicted molar refractivity (Wildman–Crippen MR) is 118 cm³/mol. The standard InChI is InChI=1S/C24H40N4O3/c1-16-15-18(28-21-6-4-3-5-20(21)17(2)25-28)7-8-19(16)22(29)26-11-13-27(14-12-26)23(30)24(31)9-10-24/h16-21,25,31H,3-15H2,1-2H3. The number of nitrogens with one attached hydrogen (secondary N) is 1. The first-order valence-corrected chi connectivity index (χ1v) is 12.7. The Balaban J connectivity index is 1.14. The number of hydrazine groups is 1. The Labute approximate surface area is 186 Å². The number of rotatable bonds is 3. The molecule has 0 bridgehead atoms. The van der Waals surface area contributed by atoms with Crippen molar-refractivity contribution >= 4 is 11.8 Å². The minimum absolute atomic E-state index is 0.105. The summed E-state index contributed by atoms with van der Waals surface area (Å²) >= 11 is 0. The number of aliphatic hydroxyl groups is 1. The Morgan fingerprint density at radius 2 is 1.61 bits per heavy atom. The number of fused-ring (bicyclic) bond motifs is 1. The molecule has 0 aromatic carbocycles. The summed E-state index contributed by atoms with van der Waals surface area (Å²) in [5.74, 6) is 1.42. The summed E-state index contributed by atoms with van der Waals surface area (Å²) in [5, 5.41) is 12.7. The number of piperazine rings is 1. The second-order valence-electron chi connectivity index (χ2n) is 11.0. The Morgan fingerprint density at radius 1 is 0.935 bits per heavy atom. The summed E-state index contributed by atoms with van der Waals surface area (Å²) in [7, 11) is 0. The minimum atomic E-state index is -1.10. The molecular formula is C24H40N4O3. The van der Waals surface area contributed by atoms with Crippen molar-refractivity contribution in [2.45, 2.75) is 95.4 Å². The second-order valence-corrected chi connectivity index (χ2v) is 11.0. The van der Waals surface area contributed by atoms with Crippen LogP contribution in [-0.4, -0.2) is 81.6 Å². The number of amides is 2. The van der Waals surface area contributed by atoms with Crippen molar-refractivity contribution < 1.29 is 14.7 Å². The van der Waals surface area contributed by atoms with Crippen LogP contribution in [0, 0.1) is 17.8 Å². The van der Waals surface area contributed by atoms with Gasteiger partial charge in [-0.15, -0.1) is 0 Å². The van der Waals surface area contributed by atoms with Crippen LogP contribution in [0.2, 0.25) is 0 Å². The van der Waals surface area contributed by atoms with Crippen LogP contribution in [-0.2, 0) is 9.59 Å². The first-order valence-electron chi connectivity index (χ1n) is 12.7. The number of carbonyl (C=O) groups is 2. The fourth-order valence-corrected chi connectivity index (χ4v) is 6.85. The van der Waals surface area contributed by atoms with E-state index in [-0.39, 0.29) is 17.7 Å². The molecule has 5 aliphatic rings. The van der Waals surface area contributed by atoms with E-state index < -0.39 is 5.60 Å². The lowest BCUT2D eigenvalue weighted by Crippen LogP contribution is -2.56. The minimum Gasteiger partial charge on any atom is -0.380 e. The van der Waals surface area contributed by atoms with Gasteiger partial charge in [-0.2, -0.15) is 0 Å². The third kappa shape index (κ3) is 4.02. The monoisotopic (exact) mass is 432 g/mol. The molecule has 174 valence electrons. The van der Waals surface area contributed by atoms with Gasteiger partial charge in [0, 0.05) is 50.2 Å². The molecule has 0 spiro atoms. The summed E-state index contributed by atoms with van der Waals surface area (Å²) in [6.07, 6.45) is 9.69. The molecule has 2 amide bonds. The van der Waals surface area contributed by atoms with Crippen molar-refractivity contribution in [3.8, 4) is 0 Å². The maximum Gasteiger partial charge on any atom is 0.254 e. The van der Waals surface area contributed by atoms with Gasteiger partial charge < -0.3 is 14.9 Å². The van der Waals surface area contributed by atoms with Crippen molar-refractivity contribution in [3.05, 3.63) is 0 Å². The molecule has 6 unspecified atom stereocenters. The smallest absolute Gasteiger partial charge is 0.254 e. The number of carbonyl (C=O) groups excluding carboxylic acids is 2. The third-order valence-corrected chi connectivity index (χ3v) is 8.99. The molecule has 6 atom stereocenters. The van der Waals surface area contributed by atoms with E-state index in [1.807, 2.05) is 4.90 Å². The Kier molecular flexibility index (Phi) is 5.80. The van der Waals surface area contributed by atoms with E-state index in [4.69, 9.17) is 0 Å². The predicted octanol–water partition coefficient (Wildman–Crippen LogP) is 1.75. The third-order valence-electron chi connectivity index (χ3n) is 8.99. The molecule has 0 aromatic heterocycles. The number of hydrogen-bond donors (Lipinski definition) is 2. The van der Waals surface area contributed by atoms with E-state index in [0.29, 0.717) is 63.1 Å². The molecule has 2 heterocycles. The fourth-order valence-electron chi connectivity index (χ4n) is 6.85. The van der Waals surface area contributed by atoms with Crippen LogP contribution in [0.25, 0.3) is 0 Å². The molecule has 31 heavy (non-hydrogen) atoms. The highest BCUT2D eigenvalue weighted by Gasteiger charge is 2.51. The van der Waals surface area contributed by atoms with Gasteiger partial charge in [-0.3, -0.25) is 15.0 Å². The van der Waals surface area contributed by atoms with Crippen molar-refractivity contribution in [2.75, 3.05) is 26.2 Å². The molecule has 5 rings (SSSR count). The zero-order valence-corrected chi connectivity index (χ0v) is 19.3. The molecule has 2 saturated heterocycles. The lowest BCUT2D eigenvalue weighted by molar-refractivity contribution is -0.149. The van der Waals surface area contributed by atoms with Crippen LogP contribution in [0.3, 0.4) is 0 Å². The van der Waals surface area contributed by atoms with Crippen molar-refractivity contribution in [3.63, 3.8) is 0 Å². The van der Waals surface area contributed by atoms with Crippen molar-refractivity contribution in [1.29, 1.82) is 0 Å². The number of hydrogen-bond acceptors (Lipinski definition) is 5. The lowest BCUT2D eigenvalue weighted by atomic mass is 9.75. The van der Waals surface area contributed by atoms with E-state index in [9.17, 15) is 14.7 Å². The van der Waals surface area contributed by atoms with Crippen LogP contribution >= 0.6 is 0 Å². The summed E-state index contributed by atoms with van der Waals surface area (Å²) in [4.78, 5) is 29.4. The van der Waals surface area contributed by atoms with Crippen LogP contribution in [0.1, 0.15) is 71.6 Å². The average molecular weight is 433 g/mol. The van der Waals surface area contributed by atoms with Gasteiger partial charge in [0.25, 0.3) is 5.91 Å². The maximum absolute atomic E-state index is 13.3. The normalized spacial score (nSPS) is 40.5. The second kappa shape index (κ2) is 8.31. The highest BCUT2D eigenvalue weighted by Crippen LogP contribution is 2.41. The first-order chi connectivity index (χ1) is 14.9. The molecule has 0 radical (unpaired) electrons. The molecule has 2 N–H and O–H groups in total. The van der Waals surface area contributed by atoms with Crippen molar-refractivity contribution in [2.24, 2.45) is 17.8 Å². The highest BCUT2D eigenvalue weighted by atomic mass is 16.3. The van der Waals surface area contributed by atoms with Crippen LogP contribution in [0.4, 0.5) is 0 Å². The van der Waals surface area contributed by atoms with Gasteiger partial charge >= 0.3 is 0 Å². The van der Waals surface area contributed by atoms with Gasteiger partial charge in [-0.25, -0.2) is 5.01 Å². The molecule has 0 aromatic rings. The molecule has 2 aliphatic heterocycles. The molecule has 7 heteroatoms. The molecule has 5 fully saturated rings. The van der Waals surface area contributed by atoms with Gasteiger partial charge in [-0.05, 0) is 63.7 Å². The van der Waals surface area contributed by atoms with Crippen LogP contribution < -0.4 is 5.43 Å². The molecular weight excluding hydrogens is 392 g/mol. The fraction of sp³-hybridized carbons (Fsp3) is 0.917. The first kappa shape index (κ1) is 21.7. The zero-order chi connectivity index (χ0) is 21.8. The van der Waals surface area contributed by atoms with Gasteiger partial charge in [0.1, 0.15) is 5.60 Å². The summed E-state index contributed by atoms with van der Waals surface area (Å²) < 4.78 is 0. The van der Waals surface area contributed by atoms with E-state index in [2.05, 4.69) is 24.3 Å². The van der Waals surface area contributed by atoms with Gasteiger partial charge in [-0.1, -0.05) is 19.8 Å². The SMILES string of the molecule is CC1CC(N2NC(C)C3CCCCC32)CCC1C(=O)N1CCN(C(=O)C2(O)CC2)CC1. The average Bonchev–Trinajstić information content (AvgIpc) is 3.46. The topological polar surface area (TPSA) is 76.1 Å². The Hall–Kier alpha value is -1.18. The lowest BCUT2D eigenvalue weighted by Gasteiger charge is -2.43. The van der Waals surface area contributed by atoms with Gasteiger partial charge in [0.05, 0.1) is 0 Å². The summed E-state index contributed by atoms with van der Waals surface area (Å²) in [6, 6.07) is 1.80. The van der Waals surface area contributed by atoms with Gasteiger partial charge in [0.2, 0.25) is 5.91 Å². The van der Waals surface area contributed by atoms with Crippen LogP contribution in [0.5, 0.6) is 0 Å². The highest BCUT2D eigenvalue weighted by molar-refractivity contribution is 5.88. The zero-order valence-electron chi connectivity index (χ0n) is 19.3. The maximum atomic E-state index is 13.3. The largest absolute Gasteiger partial charge is 0.380 e. The molecule has 3 aliphatic carbocycles. The Morgan fingerprint density at radius 3 is 2.29 bits per heavy atom. The summed E-state index contributed by atoms with van der Waals surface area (Å²) in [5.41, 5.74) is 2.71. The molecule has 7 nitrogen and oxygen atoms in total. The number of nitrogens with zero attached hydrogens (tertiary/aromatic N) is 3. The quantitative estimate of drug-likeness (QED) is 0.711. The summed E-state index contributed by atoms with van der Waals surface area (Å²) in [6.45, 7) is 6.90. The van der Waals surface area contributed by atoms with E-state index in [1.54, 1.807) is 4.90 Å². The Bertz CT molecular complexity index is 703. The van der Waals surface area contributed by atoms with Crippen LogP contribution in [0.15, 0.2) is 0 Å². The van der Waals surface area contributed by atoms with E-state index >= 15 is 0 Å². The van der Waals surface area contributed by atoms with E-state index in [0.717, 1.165) is 25.2 Å². The molecule has 3 saturated carbocycles. The van der Waals surface area contributed by atoms with Crippen molar-refractivity contribution in [1.82, 2.24) is 20.2 Å². The van der Waals surface area contributed by atoms with E-state index in [1.165, 1.54) is 25.7 Å².